The summed E-state index contributed by atoms with van der Waals surface area (Å²) in [5.41, 5.74) is 1.42. The number of hydrogen-bond donors (Lipinski definition) is 1. The SMILES string of the molecule is CCCCNC(=O)c1c(Br)c(C)nn1C. The Morgan fingerprint density at radius 1 is 1.60 bits per heavy atom. The Labute approximate surface area is 98.2 Å². The number of carbonyl (C=O) groups excluding carboxylic acids is 1. The molecule has 0 spiro atoms. The second-order valence-corrected chi connectivity index (χ2v) is 4.27. The second-order valence-electron chi connectivity index (χ2n) is 3.48. The molecule has 1 aromatic heterocycles. The fourth-order valence-electron chi connectivity index (χ4n) is 1.34. The van der Waals surface area contributed by atoms with Gasteiger partial charge in [0, 0.05) is 13.6 Å². The molecule has 5 heteroatoms. The van der Waals surface area contributed by atoms with E-state index in [-0.39, 0.29) is 5.91 Å². The molecule has 1 heterocycles. The molecule has 0 aromatic carbocycles. The maximum Gasteiger partial charge on any atom is 0.270 e. The monoisotopic (exact) mass is 273 g/mol. The van der Waals surface area contributed by atoms with E-state index >= 15 is 0 Å². The van der Waals surface area contributed by atoms with Gasteiger partial charge in [-0.15, -0.1) is 0 Å². The molecule has 0 aliphatic rings. The number of nitrogens with zero attached hydrogens (tertiary/aromatic N) is 2. The van der Waals surface area contributed by atoms with Gasteiger partial charge in [0.1, 0.15) is 5.69 Å². The summed E-state index contributed by atoms with van der Waals surface area (Å²) in [4.78, 5) is 11.8. The number of aromatic nitrogens is 2. The quantitative estimate of drug-likeness (QED) is 0.854. The van der Waals surface area contributed by atoms with Gasteiger partial charge < -0.3 is 5.32 Å². The summed E-state index contributed by atoms with van der Waals surface area (Å²) in [6.45, 7) is 4.68. The highest BCUT2D eigenvalue weighted by Crippen LogP contribution is 2.19. The minimum atomic E-state index is -0.0709. The van der Waals surface area contributed by atoms with Crippen LogP contribution in [0.15, 0.2) is 4.47 Å². The molecule has 84 valence electrons. The van der Waals surface area contributed by atoms with E-state index in [0.29, 0.717) is 12.2 Å². The Hall–Kier alpha value is -0.840. The Balaban J connectivity index is 2.73. The molecule has 0 aliphatic heterocycles. The van der Waals surface area contributed by atoms with Crippen molar-refractivity contribution in [2.45, 2.75) is 26.7 Å². The highest BCUT2D eigenvalue weighted by Gasteiger charge is 2.17. The van der Waals surface area contributed by atoms with E-state index in [1.807, 2.05) is 6.92 Å². The topological polar surface area (TPSA) is 46.9 Å². The minimum Gasteiger partial charge on any atom is -0.351 e. The van der Waals surface area contributed by atoms with Gasteiger partial charge in [-0.05, 0) is 29.3 Å². The first-order chi connectivity index (χ1) is 7.07. The van der Waals surface area contributed by atoms with Crippen LogP contribution in [0.3, 0.4) is 0 Å². The normalized spacial score (nSPS) is 10.4. The summed E-state index contributed by atoms with van der Waals surface area (Å²) in [6.07, 6.45) is 2.08. The predicted molar refractivity (Wildman–Crippen MR) is 62.9 cm³/mol. The fourth-order valence-corrected chi connectivity index (χ4v) is 1.86. The Kier molecular flexibility index (Phi) is 4.32. The summed E-state index contributed by atoms with van der Waals surface area (Å²) < 4.78 is 2.37. The molecule has 0 atom stereocenters. The Morgan fingerprint density at radius 3 is 2.73 bits per heavy atom. The van der Waals surface area contributed by atoms with Gasteiger partial charge in [-0.2, -0.15) is 5.10 Å². The number of amides is 1. The van der Waals surface area contributed by atoms with Gasteiger partial charge in [0.25, 0.3) is 5.91 Å². The van der Waals surface area contributed by atoms with Gasteiger partial charge in [0.2, 0.25) is 0 Å². The van der Waals surface area contributed by atoms with E-state index in [0.717, 1.165) is 23.0 Å². The first kappa shape index (κ1) is 12.2. The van der Waals surface area contributed by atoms with Crippen molar-refractivity contribution in [1.82, 2.24) is 15.1 Å². The van der Waals surface area contributed by atoms with E-state index < -0.39 is 0 Å². The van der Waals surface area contributed by atoms with Crippen molar-refractivity contribution in [3.63, 3.8) is 0 Å². The summed E-state index contributed by atoms with van der Waals surface area (Å²) in [7, 11) is 1.77. The van der Waals surface area contributed by atoms with Crippen molar-refractivity contribution < 1.29 is 4.79 Å². The van der Waals surface area contributed by atoms with Crippen LogP contribution in [-0.4, -0.2) is 22.2 Å². The highest BCUT2D eigenvalue weighted by molar-refractivity contribution is 9.10. The fraction of sp³-hybridized carbons (Fsp3) is 0.600. The zero-order valence-electron chi connectivity index (χ0n) is 9.30. The third-order valence-electron chi connectivity index (χ3n) is 2.18. The molecule has 0 radical (unpaired) electrons. The van der Waals surface area contributed by atoms with Crippen molar-refractivity contribution >= 4 is 21.8 Å². The minimum absolute atomic E-state index is 0.0709. The van der Waals surface area contributed by atoms with E-state index in [9.17, 15) is 4.79 Å². The number of hydrogen-bond acceptors (Lipinski definition) is 2. The summed E-state index contributed by atoms with van der Waals surface area (Å²) in [6, 6.07) is 0. The largest absolute Gasteiger partial charge is 0.351 e. The average Bonchev–Trinajstić information content (AvgIpc) is 2.41. The van der Waals surface area contributed by atoms with Crippen LogP contribution < -0.4 is 5.32 Å². The van der Waals surface area contributed by atoms with Crippen molar-refractivity contribution in [2.24, 2.45) is 7.05 Å². The standard InChI is InChI=1S/C10H16BrN3O/c1-4-5-6-12-10(15)9-8(11)7(2)13-14(9)3/h4-6H2,1-3H3,(H,12,15). The van der Waals surface area contributed by atoms with E-state index in [1.54, 1.807) is 11.7 Å². The molecule has 0 saturated heterocycles. The summed E-state index contributed by atoms with van der Waals surface area (Å²) >= 11 is 3.37. The molecule has 15 heavy (non-hydrogen) atoms. The molecule has 0 saturated carbocycles. The maximum absolute atomic E-state index is 11.8. The second kappa shape index (κ2) is 5.30. The number of carbonyl (C=O) groups is 1. The van der Waals surface area contributed by atoms with Crippen LogP contribution >= 0.6 is 15.9 Å². The molecule has 0 unspecified atom stereocenters. The number of rotatable bonds is 4. The highest BCUT2D eigenvalue weighted by atomic mass is 79.9. The molecule has 0 fully saturated rings. The summed E-state index contributed by atoms with van der Waals surface area (Å²) in [5.74, 6) is -0.0709. The molecule has 4 nitrogen and oxygen atoms in total. The van der Waals surface area contributed by atoms with Crippen LogP contribution in [0.1, 0.15) is 35.9 Å². The van der Waals surface area contributed by atoms with Crippen molar-refractivity contribution in [3.05, 3.63) is 15.9 Å². The Bertz CT molecular complexity index is 360. The number of nitrogens with one attached hydrogen (secondary N) is 1. The molecule has 0 aliphatic carbocycles. The lowest BCUT2D eigenvalue weighted by Crippen LogP contribution is -2.26. The molecule has 0 bridgehead atoms. The first-order valence-corrected chi connectivity index (χ1v) is 5.84. The number of halogens is 1. The molecular weight excluding hydrogens is 258 g/mol. The van der Waals surface area contributed by atoms with Crippen LogP contribution in [0.4, 0.5) is 0 Å². The van der Waals surface area contributed by atoms with Gasteiger partial charge in [-0.3, -0.25) is 9.48 Å². The van der Waals surface area contributed by atoms with Crippen molar-refractivity contribution in [2.75, 3.05) is 6.54 Å². The van der Waals surface area contributed by atoms with Gasteiger partial charge in [0.15, 0.2) is 0 Å². The van der Waals surface area contributed by atoms with Gasteiger partial charge in [0.05, 0.1) is 10.2 Å². The zero-order valence-corrected chi connectivity index (χ0v) is 10.9. The van der Waals surface area contributed by atoms with Gasteiger partial charge in [-0.25, -0.2) is 0 Å². The van der Waals surface area contributed by atoms with Crippen LogP contribution in [0.25, 0.3) is 0 Å². The van der Waals surface area contributed by atoms with Crippen LogP contribution in [0.2, 0.25) is 0 Å². The third-order valence-corrected chi connectivity index (χ3v) is 3.13. The van der Waals surface area contributed by atoms with E-state index in [4.69, 9.17) is 0 Å². The van der Waals surface area contributed by atoms with Crippen LogP contribution in [0.5, 0.6) is 0 Å². The van der Waals surface area contributed by atoms with E-state index in [1.165, 1.54) is 0 Å². The smallest absolute Gasteiger partial charge is 0.270 e. The van der Waals surface area contributed by atoms with Crippen LogP contribution in [-0.2, 0) is 7.05 Å². The Morgan fingerprint density at radius 2 is 2.27 bits per heavy atom. The first-order valence-electron chi connectivity index (χ1n) is 5.05. The molecule has 1 N–H and O–H groups in total. The molecule has 1 amide bonds. The van der Waals surface area contributed by atoms with Gasteiger partial charge >= 0.3 is 0 Å². The molecule has 1 rings (SSSR count). The average molecular weight is 274 g/mol. The van der Waals surface area contributed by atoms with Crippen molar-refractivity contribution in [3.8, 4) is 0 Å². The lowest BCUT2D eigenvalue weighted by atomic mass is 10.3. The number of aryl methyl sites for hydroxylation is 2. The molecular formula is C10H16BrN3O. The predicted octanol–water partition coefficient (Wildman–Crippen LogP) is 2.02. The van der Waals surface area contributed by atoms with Crippen LogP contribution in [0, 0.1) is 6.92 Å². The van der Waals surface area contributed by atoms with Crippen molar-refractivity contribution in [1.29, 1.82) is 0 Å². The maximum atomic E-state index is 11.8. The third kappa shape index (κ3) is 2.81. The summed E-state index contributed by atoms with van der Waals surface area (Å²) in [5, 5.41) is 7.03. The lowest BCUT2D eigenvalue weighted by molar-refractivity contribution is 0.0943. The van der Waals surface area contributed by atoms with E-state index in [2.05, 4.69) is 33.3 Å². The zero-order chi connectivity index (χ0) is 11.4. The number of unbranched alkanes of at least 4 members (excludes halogenated alkanes) is 1. The lowest BCUT2D eigenvalue weighted by Gasteiger charge is -2.04. The molecule has 1 aromatic rings. The van der Waals surface area contributed by atoms with Gasteiger partial charge in [-0.1, -0.05) is 13.3 Å².